The van der Waals surface area contributed by atoms with Crippen molar-refractivity contribution in [3.05, 3.63) is 65.7 Å². The predicted octanol–water partition coefficient (Wildman–Crippen LogP) is 2.05. The van der Waals surface area contributed by atoms with Crippen LogP contribution in [0.3, 0.4) is 0 Å². The summed E-state index contributed by atoms with van der Waals surface area (Å²) in [6.45, 7) is 3.56. The van der Waals surface area contributed by atoms with Gasteiger partial charge in [-0.2, -0.15) is 8.42 Å². The van der Waals surface area contributed by atoms with Crippen molar-refractivity contribution in [3.8, 4) is 0 Å². The van der Waals surface area contributed by atoms with Gasteiger partial charge in [-0.25, -0.2) is 4.79 Å². The maximum atomic E-state index is 12.7. The van der Waals surface area contributed by atoms with E-state index in [2.05, 4.69) is 0 Å². The summed E-state index contributed by atoms with van der Waals surface area (Å²) in [6.07, 6.45) is -5.17. The number of benzene rings is 2. The number of carbonyl (C=O) groups excluding carboxylic acids is 1. The number of aliphatic hydroxyl groups excluding tert-OH is 1. The van der Waals surface area contributed by atoms with Crippen molar-refractivity contribution in [2.45, 2.75) is 43.3 Å². The largest absolute Gasteiger partial charge is 0.453 e. The Bertz CT molecular complexity index is 943. The molecule has 0 bridgehead atoms. The molecule has 2 aromatic rings. The number of aryl methyl sites for hydroxylation is 1. The van der Waals surface area contributed by atoms with Crippen LogP contribution in [0.2, 0.25) is 0 Å². The third-order valence-corrected chi connectivity index (χ3v) is 5.88. The first-order chi connectivity index (χ1) is 14.3. The van der Waals surface area contributed by atoms with Crippen LogP contribution in [0.25, 0.3) is 0 Å². The van der Waals surface area contributed by atoms with Crippen LogP contribution in [0.4, 0.5) is 0 Å². The molecular formula is C21H24O8S. The normalized spacial score (nSPS) is 24.4. The van der Waals surface area contributed by atoms with Crippen LogP contribution in [-0.2, 0) is 28.5 Å². The van der Waals surface area contributed by atoms with Crippen molar-refractivity contribution in [1.29, 1.82) is 0 Å². The van der Waals surface area contributed by atoms with Gasteiger partial charge in [0.05, 0.1) is 17.1 Å². The number of hydrogen-bond donors (Lipinski definition) is 1. The highest BCUT2D eigenvalue weighted by Crippen LogP contribution is 2.26. The molecule has 0 amide bonds. The lowest BCUT2D eigenvalue weighted by atomic mass is 10.1. The molecule has 30 heavy (non-hydrogen) atoms. The Kier molecular flexibility index (Phi) is 7.22. The zero-order valence-corrected chi connectivity index (χ0v) is 17.4. The van der Waals surface area contributed by atoms with E-state index in [0.717, 1.165) is 5.56 Å². The Labute approximate surface area is 175 Å². The van der Waals surface area contributed by atoms with Crippen LogP contribution in [0.1, 0.15) is 22.8 Å². The van der Waals surface area contributed by atoms with Crippen LogP contribution in [0, 0.1) is 6.92 Å². The molecule has 1 fully saturated rings. The van der Waals surface area contributed by atoms with Crippen molar-refractivity contribution in [2.75, 3.05) is 13.2 Å². The molecule has 0 spiro atoms. The van der Waals surface area contributed by atoms with E-state index in [4.69, 9.17) is 18.4 Å². The standard InChI is InChI=1S/C21H24O8S/c1-3-26-21-19(29-30(24,25)16-11-9-14(2)10-12-16)18(22)17(13-27-21)28-20(23)15-7-5-4-6-8-15/h4-12,17-19,21-22H,3,13H2,1-2H3/t17-,18+,19-,21-/m1/s1. The molecule has 1 aliphatic heterocycles. The fraction of sp³-hybridized carbons (Fsp3) is 0.381. The Hall–Kier alpha value is -2.30. The smallest absolute Gasteiger partial charge is 0.338 e. The molecule has 1 aliphatic rings. The Morgan fingerprint density at radius 1 is 1.13 bits per heavy atom. The number of carbonyl (C=O) groups is 1. The lowest BCUT2D eigenvalue weighted by Gasteiger charge is -2.38. The summed E-state index contributed by atoms with van der Waals surface area (Å²) < 4.78 is 46.9. The summed E-state index contributed by atoms with van der Waals surface area (Å²) in [5.41, 5.74) is 1.18. The van der Waals surface area contributed by atoms with E-state index in [0.29, 0.717) is 5.56 Å². The van der Waals surface area contributed by atoms with Gasteiger partial charge in [0.1, 0.15) is 6.10 Å². The van der Waals surface area contributed by atoms with Gasteiger partial charge in [-0.1, -0.05) is 35.9 Å². The average Bonchev–Trinajstić information content (AvgIpc) is 2.73. The lowest BCUT2D eigenvalue weighted by Crippen LogP contribution is -2.56. The first-order valence-electron chi connectivity index (χ1n) is 9.49. The van der Waals surface area contributed by atoms with Gasteiger partial charge in [0, 0.05) is 6.61 Å². The molecule has 0 saturated carbocycles. The summed E-state index contributed by atoms with van der Waals surface area (Å²) in [5.74, 6) is -0.668. The number of rotatable bonds is 7. The van der Waals surface area contributed by atoms with Gasteiger partial charge in [0.2, 0.25) is 0 Å². The van der Waals surface area contributed by atoms with Gasteiger partial charge in [-0.05, 0) is 38.1 Å². The SMILES string of the molecule is CCO[C@@H]1OC[C@@H](OC(=O)c2ccccc2)[C@H](O)[C@H]1OS(=O)(=O)c1ccc(C)cc1. The second-order valence-corrected chi connectivity index (χ2v) is 8.36. The quantitative estimate of drug-likeness (QED) is 0.519. The van der Waals surface area contributed by atoms with E-state index < -0.39 is 40.7 Å². The molecule has 0 radical (unpaired) electrons. The van der Waals surface area contributed by atoms with Crippen molar-refractivity contribution in [2.24, 2.45) is 0 Å². The molecule has 2 aromatic carbocycles. The number of esters is 1. The van der Waals surface area contributed by atoms with Crippen LogP contribution in [-0.4, -0.2) is 57.3 Å². The van der Waals surface area contributed by atoms with Gasteiger partial charge in [-0.15, -0.1) is 0 Å². The van der Waals surface area contributed by atoms with E-state index in [1.54, 1.807) is 49.4 Å². The minimum atomic E-state index is -4.23. The zero-order valence-electron chi connectivity index (χ0n) is 16.6. The molecule has 9 heteroatoms. The van der Waals surface area contributed by atoms with Gasteiger partial charge in [-0.3, -0.25) is 4.18 Å². The first kappa shape index (κ1) is 22.4. The molecule has 1 N–H and O–H groups in total. The second kappa shape index (κ2) is 9.67. The van der Waals surface area contributed by atoms with Gasteiger partial charge < -0.3 is 19.3 Å². The van der Waals surface area contributed by atoms with Gasteiger partial charge in [0.15, 0.2) is 18.5 Å². The van der Waals surface area contributed by atoms with Gasteiger partial charge in [0.25, 0.3) is 10.1 Å². The third kappa shape index (κ3) is 5.24. The summed E-state index contributed by atoms with van der Waals surface area (Å²) in [7, 11) is -4.23. The monoisotopic (exact) mass is 436 g/mol. The Balaban J connectivity index is 1.78. The maximum absolute atomic E-state index is 12.7. The van der Waals surface area contributed by atoms with Crippen molar-refractivity contribution in [1.82, 2.24) is 0 Å². The second-order valence-electron chi connectivity index (χ2n) is 6.79. The number of ether oxygens (including phenoxy) is 3. The molecule has 0 aromatic heterocycles. The zero-order chi connectivity index (χ0) is 21.7. The van der Waals surface area contributed by atoms with Crippen LogP contribution < -0.4 is 0 Å². The highest BCUT2D eigenvalue weighted by Gasteiger charge is 2.45. The molecule has 4 atom stereocenters. The fourth-order valence-corrected chi connectivity index (χ4v) is 4.03. The van der Waals surface area contributed by atoms with E-state index in [1.165, 1.54) is 12.1 Å². The first-order valence-corrected chi connectivity index (χ1v) is 10.9. The van der Waals surface area contributed by atoms with Crippen molar-refractivity contribution < 1.29 is 36.7 Å². The van der Waals surface area contributed by atoms with Crippen molar-refractivity contribution in [3.63, 3.8) is 0 Å². The maximum Gasteiger partial charge on any atom is 0.338 e. The van der Waals surface area contributed by atoms with Crippen LogP contribution in [0.5, 0.6) is 0 Å². The van der Waals surface area contributed by atoms with Crippen molar-refractivity contribution >= 4 is 16.1 Å². The molecule has 0 unspecified atom stereocenters. The van der Waals surface area contributed by atoms with Crippen LogP contribution in [0.15, 0.2) is 59.5 Å². The summed E-state index contributed by atoms with van der Waals surface area (Å²) in [6, 6.07) is 14.3. The lowest BCUT2D eigenvalue weighted by molar-refractivity contribution is -0.260. The molecular weight excluding hydrogens is 412 g/mol. The summed E-state index contributed by atoms with van der Waals surface area (Å²) in [5, 5.41) is 10.7. The summed E-state index contributed by atoms with van der Waals surface area (Å²) >= 11 is 0. The highest BCUT2D eigenvalue weighted by molar-refractivity contribution is 7.86. The van der Waals surface area contributed by atoms with Gasteiger partial charge >= 0.3 is 5.97 Å². The molecule has 0 aliphatic carbocycles. The molecule has 8 nitrogen and oxygen atoms in total. The summed E-state index contributed by atoms with van der Waals surface area (Å²) in [4.78, 5) is 12.3. The molecule has 162 valence electrons. The number of hydrogen-bond acceptors (Lipinski definition) is 8. The molecule has 3 rings (SSSR count). The molecule has 1 heterocycles. The van der Waals surface area contributed by atoms with E-state index >= 15 is 0 Å². The Morgan fingerprint density at radius 2 is 1.80 bits per heavy atom. The molecule has 1 saturated heterocycles. The van der Waals surface area contributed by atoms with Crippen LogP contribution >= 0.6 is 0 Å². The minimum absolute atomic E-state index is 0.0704. The predicted molar refractivity (Wildman–Crippen MR) is 106 cm³/mol. The fourth-order valence-electron chi connectivity index (χ4n) is 2.96. The van der Waals surface area contributed by atoms with E-state index in [9.17, 15) is 18.3 Å². The average molecular weight is 436 g/mol. The topological polar surface area (TPSA) is 108 Å². The minimum Gasteiger partial charge on any atom is -0.453 e. The van der Waals surface area contributed by atoms with E-state index in [-0.39, 0.29) is 18.1 Å². The third-order valence-electron chi connectivity index (χ3n) is 4.56. The highest BCUT2D eigenvalue weighted by atomic mass is 32.2. The Morgan fingerprint density at radius 3 is 2.43 bits per heavy atom. The van der Waals surface area contributed by atoms with E-state index in [1.807, 2.05) is 6.92 Å². The number of aliphatic hydroxyl groups is 1.